The fourth-order valence-electron chi connectivity index (χ4n) is 7.41. The lowest BCUT2D eigenvalue weighted by molar-refractivity contribution is -0.158. The number of carbonyl (C=O) groups is 3. The number of carbonyl (C=O) groups excluding carboxylic acids is 3. The first-order valence-electron chi connectivity index (χ1n) is 14.7. The molecule has 38 heavy (non-hydrogen) atoms. The summed E-state index contributed by atoms with van der Waals surface area (Å²) in [5.41, 5.74) is -1.08. The topological polar surface area (TPSA) is 96.4 Å². The summed E-state index contributed by atoms with van der Waals surface area (Å²) in [4.78, 5) is 45.7. The van der Waals surface area contributed by atoms with E-state index in [2.05, 4.69) is 13.2 Å². The molecule has 4 aliphatic rings. The van der Waals surface area contributed by atoms with Crippen LogP contribution in [0, 0.1) is 17.8 Å². The minimum atomic E-state index is -1.08. The molecule has 1 N–H and O–H groups in total. The average molecular weight is 531 g/mol. The highest BCUT2D eigenvalue weighted by Crippen LogP contribution is 2.59. The fraction of sp³-hybridized carbons (Fsp3) is 0.767. The van der Waals surface area contributed by atoms with Crippen LogP contribution in [0.15, 0.2) is 25.3 Å². The van der Waals surface area contributed by atoms with Gasteiger partial charge in [0.05, 0.1) is 37.2 Å². The standard InChI is InChI=1S/C30H46N2O6/c1-5-8-12-18-37-29(36)24-23-15-16-30(38-23)25(24)27(34)32(22(19-33)20(4)7-3)26(30)28(35)31(17-6-2)21-13-10-9-11-14-21/h5-6,20-26,33H,1-2,7-19H2,3-4H3/t20-,22-,23-,24+,25-,26?,30?/m0/s1. The van der Waals surface area contributed by atoms with Crippen LogP contribution < -0.4 is 0 Å². The second kappa shape index (κ2) is 12.3. The van der Waals surface area contributed by atoms with Crippen LogP contribution in [0.1, 0.15) is 78.1 Å². The van der Waals surface area contributed by atoms with E-state index >= 15 is 0 Å². The number of aliphatic hydroxyl groups is 1. The van der Waals surface area contributed by atoms with Crippen LogP contribution >= 0.6 is 0 Å². The minimum Gasteiger partial charge on any atom is -0.465 e. The maximum Gasteiger partial charge on any atom is 0.312 e. The van der Waals surface area contributed by atoms with Crippen molar-refractivity contribution in [1.82, 2.24) is 9.80 Å². The van der Waals surface area contributed by atoms with Crippen molar-refractivity contribution in [2.24, 2.45) is 17.8 Å². The van der Waals surface area contributed by atoms with Gasteiger partial charge in [-0.1, -0.05) is 51.7 Å². The molecule has 0 radical (unpaired) electrons. The van der Waals surface area contributed by atoms with Crippen LogP contribution in [0.4, 0.5) is 0 Å². The highest BCUT2D eigenvalue weighted by molar-refractivity contribution is 5.98. The van der Waals surface area contributed by atoms with Crippen molar-refractivity contribution in [2.75, 3.05) is 19.8 Å². The number of allylic oxidation sites excluding steroid dienone is 1. The van der Waals surface area contributed by atoms with Gasteiger partial charge < -0.3 is 24.4 Å². The van der Waals surface area contributed by atoms with Gasteiger partial charge in [0.25, 0.3) is 0 Å². The molecule has 7 atom stereocenters. The second-order valence-electron chi connectivity index (χ2n) is 11.6. The van der Waals surface area contributed by atoms with Gasteiger partial charge in [0.1, 0.15) is 11.6 Å². The summed E-state index contributed by atoms with van der Waals surface area (Å²) in [6.45, 7) is 12.0. The van der Waals surface area contributed by atoms with E-state index in [4.69, 9.17) is 9.47 Å². The Morgan fingerprint density at radius 3 is 2.61 bits per heavy atom. The Hall–Kier alpha value is -2.19. The number of rotatable bonds is 13. The van der Waals surface area contributed by atoms with E-state index in [0.29, 0.717) is 25.8 Å². The third-order valence-corrected chi connectivity index (χ3v) is 9.51. The number of aliphatic hydroxyl groups excluding tert-OH is 1. The quantitative estimate of drug-likeness (QED) is 0.222. The summed E-state index contributed by atoms with van der Waals surface area (Å²) in [5.74, 6) is -2.38. The lowest BCUT2D eigenvalue weighted by Crippen LogP contribution is -2.61. The van der Waals surface area contributed by atoms with Gasteiger partial charge in [-0.25, -0.2) is 0 Å². The molecule has 2 bridgehead atoms. The number of ether oxygens (including phenoxy) is 2. The van der Waals surface area contributed by atoms with Crippen LogP contribution in [0.25, 0.3) is 0 Å². The summed E-state index contributed by atoms with van der Waals surface area (Å²) >= 11 is 0. The second-order valence-corrected chi connectivity index (χ2v) is 11.6. The van der Waals surface area contributed by atoms with Gasteiger partial charge in [-0.05, 0) is 44.4 Å². The molecular formula is C30H46N2O6. The zero-order valence-corrected chi connectivity index (χ0v) is 23.2. The molecule has 4 rings (SSSR count). The maximum absolute atomic E-state index is 14.6. The first-order valence-corrected chi connectivity index (χ1v) is 14.7. The molecule has 2 amide bonds. The van der Waals surface area contributed by atoms with Gasteiger partial charge in [-0.15, -0.1) is 13.2 Å². The van der Waals surface area contributed by atoms with E-state index in [1.165, 1.54) is 0 Å². The van der Waals surface area contributed by atoms with Crippen molar-refractivity contribution in [2.45, 2.75) is 108 Å². The van der Waals surface area contributed by atoms with E-state index in [0.717, 1.165) is 44.9 Å². The lowest BCUT2D eigenvalue weighted by Gasteiger charge is -2.43. The summed E-state index contributed by atoms with van der Waals surface area (Å²) < 4.78 is 12.2. The normalized spacial score (nSPS) is 32.1. The van der Waals surface area contributed by atoms with E-state index < -0.39 is 41.6 Å². The predicted molar refractivity (Wildman–Crippen MR) is 144 cm³/mol. The lowest BCUT2D eigenvalue weighted by atomic mass is 9.70. The summed E-state index contributed by atoms with van der Waals surface area (Å²) in [5, 5.41) is 10.5. The SMILES string of the molecule is C=CCCCOC(=O)[C@@H]1[C@@H]2CCC3(O2)C(C(=O)N(CC=C)C2CCCCC2)N([C@@H](CO)[C@@H](C)CC)C(=O)[C@H]13. The zero-order chi connectivity index (χ0) is 27.4. The highest BCUT2D eigenvalue weighted by Gasteiger charge is 2.76. The molecular weight excluding hydrogens is 484 g/mol. The molecule has 2 unspecified atom stereocenters. The van der Waals surface area contributed by atoms with Crippen molar-refractivity contribution in [3.63, 3.8) is 0 Å². The third kappa shape index (κ3) is 4.94. The molecule has 0 aromatic rings. The largest absolute Gasteiger partial charge is 0.465 e. The first kappa shape index (κ1) is 28.8. The maximum atomic E-state index is 14.6. The van der Waals surface area contributed by atoms with Crippen LogP contribution in [-0.4, -0.2) is 82.3 Å². The summed E-state index contributed by atoms with van der Waals surface area (Å²) in [6.07, 6.45) is 11.5. The number of hydrogen-bond donors (Lipinski definition) is 1. The van der Waals surface area contributed by atoms with Crippen LogP contribution in [0.3, 0.4) is 0 Å². The summed E-state index contributed by atoms with van der Waals surface area (Å²) in [6, 6.07) is -1.33. The van der Waals surface area contributed by atoms with E-state index in [9.17, 15) is 19.5 Å². The molecule has 3 saturated heterocycles. The van der Waals surface area contributed by atoms with Crippen LogP contribution in [0.5, 0.6) is 0 Å². The number of nitrogens with zero attached hydrogens (tertiary/aromatic N) is 2. The third-order valence-electron chi connectivity index (χ3n) is 9.51. The predicted octanol–water partition coefficient (Wildman–Crippen LogP) is 3.62. The Bertz CT molecular complexity index is 901. The molecule has 3 heterocycles. The molecule has 8 nitrogen and oxygen atoms in total. The fourth-order valence-corrected chi connectivity index (χ4v) is 7.41. The van der Waals surface area contributed by atoms with Gasteiger partial charge in [-0.2, -0.15) is 0 Å². The van der Waals surface area contributed by atoms with Crippen molar-refractivity contribution in [3.8, 4) is 0 Å². The molecule has 212 valence electrons. The average Bonchev–Trinajstić information content (AvgIpc) is 3.58. The Balaban J connectivity index is 1.72. The molecule has 0 aromatic carbocycles. The molecule has 4 fully saturated rings. The Labute approximate surface area is 227 Å². The molecule has 1 saturated carbocycles. The number of hydrogen-bond acceptors (Lipinski definition) is 6. The Morgan fingerprint density at radius 2 is 1.97 bits per heavy atom. The molecule has 0 aromatic heterocycles. The zero-order valence-electron chi connectivity index (χ0n) is 23.2. The molecule has 8 heteroatoms. The number of amides is 2. The van der Waals surface area contributed by atoms with Gasteiger partial charge in [0, 0.05) is 12.6 Å². The smallest absolute Gasteiger partial charge is 0.312 e. The van der Waals surface area contributed by atoms with Gasteiger partial charge in [0.15, 0.2) is 0 Å². The highest BCUT2D eigenvalue weighted by atomic mass is 16.6. The van der Waals surface area contributed by atoms with Crippen molar-refractivity contribution in [1.29, 1.82) is 0 Å². The molecule has 1 aliphatic carbocycles. The van der Waals surface area contributed by atoms with Crippen molar-refractivity contribution in [3.05, 3.63) is 25.3 Å². The van der Waals surface area contributed by atoms with Gasteiger partial charge >= 0.3 is 5.97 Å². The monoisotopic (exact) mass is 530 g/mol. The Morgan fingerprint density at radius 1 is 1.24 bits per heavy atom. The number of likely N-dealkylation sites (tertiary alicyclic amines) is 1. The van der Waals surface area contributed by atoms with Gasteiger partial charge in [-0.3, -0.25) is 14.4 Å². The van der Waals surface area contributed by atoms with Gasteiger partial charge in [0.2, 0.25) is 11.8 Å². The van der Waals surface area contributed by atoms with E-state index in [-0.39, 0.29) is 37.0 Å². The minimum absolute atomic E-state index is 0.0292. The summed E-state index contributed by atoms with van der Waals surface area (Å²) in [7, 11) is 0. The first-order chi connectivity index (χ1) is 18.4. The molecule has 1 spiro atoms. The van der Waals surface area contributed by atoms with E-state index in [1.807, 2.05) is 18.7 Å². The molecule has 3 aliphatic heterocycles. The van der Waals surface area contributed by atoms with Crippen molar-refractivity contribution >= 4 is 17.8 Å². The van der Waals surface area contributed by atoms with E-state index in [1.54, 1.807) is 17.1 Å². The number of unbranched alkanes of at least 4 members (excludes halogenated alkanes) is 1. The van der Waals surface area contributed by atoms with Crippen LogP contribution in [-0.2, 0) is 23.9 Å². The Kier molecular flexibility index (Phi) is 9.35. The van der Waals surface area contributed by atoms with Crippen molar-refractivity contribution < 1.29 is 29.0 Å². The number of fused-ring (bicyclic) bond motifs is 1. The van der Waals surface area contributed by atoms with Crippen LogP contribution in [0.2, 0.25) is 0 Å². The number of esters is 1.